The van der Waals surface area contributed by atoms with E-state index in [1.807, 2.05) is 0 Å². The van der Waals surface area contributed by atoms with Gasteiger partial charge < -0.3 is 20.1 Å². The number of methoxy groups -OCH3 is 1. The van der Waals surface area contributed by atoms with E-state index in [2.05, 4.69) is 0 Å². The molecule has 0 saturated heterocycles. The molecule has 0 aliphatic heterocycles. The van der Waals surface area contributed by atoms with Crippen molar-refractivity contribution < 1.29 is 24.9 Å². The van der Waals surface area contributed by atoms with Gasteiger partial charge in [-0.2, -0.15) is 0 Å². The summed E-state index contributed by atoms with van der Waals surface area (Å²) >= 11 is 0. The van der Waals surface area contributed by atoms with Gasteiger partial charge in [0, 0.05) is 6.42 Å². The second-order valence-electron chi connectivity index (χ2n) is 4.64. The lowest BCUT2D eigenvalue weighted by Gasteiger charge is -2.22. The van der Waals surface area contributed by atoms with Crippen LogP contribution in [0, 0.1) is 6.92 Å². The van der Waals surface area contributed by atoms with Crippen molar-refractivity contribution in [3.8, 4) is 5.75 Å². The van der Waals surface area contributed by atoms with Crippen LogP contribution in [-0.4, -0.2) is 40.6 Å². The highest BCUT2D eigenvalue weighted by molar-refractivity contribution is 5.91. The van der Waals surface area contributed by atoms with Gasteiger partial charge in [0.1, 0.15) is 11.3 Å². The first kappa shape index (κ1) is 14.5. The molecule has 0 fully saturated rings. The first-order valence-corrected chi connectivity index (χ1v) is 5.55. The smallest absolute Gasteiger partial charge is 0.339 e. The van der Waals surface area contributed by atoms with Crippen molar-refractivity contribution in [2.24, 2.45) is 0 Å². The zero-order valence-electron chi connectivity index (χ0n) is 10.7. The van der Waals surface area contributed by atoms with Crippen LogP contribution in [0.5, 0.6) is 5.75 Å². The van der Waals surface area contributed by atoms with Gasteiger partial charge in [-0.15, -0.1) is 0 Å². The van der Waals surface area contributed by atoms with Gasteiger partial charge in [0.25, 0.3) is 0 Å². The molecule has 1 atom stereocenters. The molecule has 1 unspecified atom stereocenters. The molecule has 0 aliphatic rings. The monoisotopic (exact) mass is 254 g/mol. The summed E-state index contributed by atoms with van der Waals surface area (Å²) in [5.41, 5.74) is 0.0729. The standard InChI is InChI=1S/C13H18O5/c1-8-4-9(6-13(2,17)7-14)11(18-3)10(5-8)12(15)16/h4-5,14,17H,6-7H2,1-3H3,(H,15,16). The highest BCUT2D eigenvalue weighted by Gasteiger charge is 2.24. The van der Waals surface area contributed by atoms with E-state index in [1.165, 1.54) is 20.1 Å². The Labute approximate surface area is 106 Å². The van der Waals surface area contributed by atoms with Crippen LogP contribution in [0.4, 0.5) is 0 Å². The van der Waals surface area contributed by atoms with E-state index < -0.39 is 18.2 Å². The molecule has 100 valence electrons. The van der Waals surface area contributed by atoms with Gasteiger partial charge in [0.2, 0.25) is 0 Å². The summed E-state index contributed by atoms with van der Waals surface area (Å²) in [6, 6.07) is 3.26. The lowest BCUT2D eigenvalue weighted by Crippen LogP contribution is -2.32. The molecule has 1 aromatic carbocycles. The third kappa shape index (κ3) is 3.21. The molecule has 5 nitrogen and oxygen atoms in total. The van der Waals surface area contributed by atoms with Gasteiger partial charge in [-0.05, 0) is 31.0 Å². The lowest BCUT2D eigenvalue weighted by atomic mass is 9.93. The average molecular weight is 254 g/mol. The molecule has 0 saturated carbocycles. The minimum absolute atomic E-state index is 0.0567. The molecule has 0 spiro atoms. The molecular weight excluding hydrogens is 236 g/mol. The predicted molar refractivity (Wildman–Crippen MR) is 66.1 cm³/mol. The maximum Gasteiger partial charge on any atom is 0.339 e. The van der Waals surface area contributed by atoms with Crippen molar-refractivity contribution in [2.45, 2.75) is 25.9 Å². The van der Waals surface area contributed by atoms with E-state index in [-0.39, 0.29) is 17.7 Å². The predicted octanol–water partition coefficient (Wildman–Crippen LogP) is 0.988. The lowest BCUT2D eigenvalue weighted by molar-refractivity contribution is 0.00188. The number of aromatic carboxylic acids is 1. The van der Waals surface area contributed by atoms with Crippen molar-refractivity contribution >= 4 is 5.97 Å². The third-order valence-corrected chi connectivity index (χ3v) is 2.66. The third-order valence-electron chi connectivity index (χ3n) is 2.66. The number of carbonyl (C=O) groups is 1. The topological polar surface area (TPSA) is 87.0 Å². The molecule has 0 radical (unpaired) electrons. The van der Waals surface area contributed by atoms with Gasteiger partial charge in [-0.1, -0.05) is 6.07 Å². The van der Waals surface area contributed by atoms with E-state index >= 15 is 0 Å². The molecule has 1 rings (SSSR count). The minimum atomic E-state index is -1.31. The van der Waals surface area contributed by atoms with Gasteiger partial charge >= 0.3 is 5.97 Å². The van der Waals surface area contributed by atoms with Crippen molar-refractivity contribution in [1.29, 1.82) is 0 Å². The maximum absolute atomic E-state index is 11.1. The summed E-state index contributed by atoms with van der Waals surface area (Å²) in [7, 11) is 1.38. The molecule has 1 aromatic rings. The van der Waals surface area contributed by atoms with Crippen LogP contribution in [0.1, 0.15) is 28.4 Å². The Kier molecular flexibility index (Phi) is 4.32. The summed E-state index contributed by atoms with van der Waals surface area (Å²) < 4.78 is 5.11. The highest BCUT2D eigenvalue weighted by atomic mass is 16.5. The Hall–Kier alpha value is -1.59. The van der Waals surface area contributed by atoms with Gasteiger partial charge in [0.05, 0.1) is 19.3 Å². The van der Waals surface area contributed by atoms with E-state index in [0.29, 0.717) is 5.56 Å². The Morgan fingerprint density at radius 1 is 1.44 bits per heavy atom. The molecule has 0 aromatic heterocycles. The number of aliphatic hydroxyl groups excluding tert-OH is 1. The Balaban J connectivity index is 3.30. The van der Waals surface area contributed by atoms with Crippen LogP contribution in [0.15, 0.2) is 12.1 Å². The number of ether oxygens (including phenoxy) is 1. The first-order chi connectivity index (χ1) is 8.30. The van der Waals surface area contributed by atoms with Crippen molar-refractivity contribution in [3.63, 3.8) is 0 Å². The van der Waals surface area contributed by atoms with Crippen molar-refractivity contribution in [3.05, 3.63) is 28.8 Å². The average Bonchev–Trinajstić information content (AvgIpc) is 2.27. The summed E-state index contributed by atoms with van der Waals surface area (Å²) in [6.07, 6.45) is 0.120. The number of benzene rings is 1. The Bertz CT molecular complexity index is 451. The number of carboxylic acids is 1. The van der Waals surface area contributed by atoms with E-state index in [0.717, 1.165) is 5.56 Å². The van der Waals surface area contributed by atoms with E-state index in [1.54, 1.807) is 13.0 Å². The molecule has 0 amide bonds. The zero-order chi connectivity index (χ0) is 13.9. The fourth-order valence-electron chi connectivity index (χ4n) is 1.85. The number of carboxylic acid groups (broad SMARTS) is 1. The second-order valence-corrected chi connectivity index (χ2v) is 4.64. The SMILES string of the molecule is COc1c(CC(C)(O)CO)cc(C)cc1C(=O)O. The molecule has 0 aliphatic carbocycles. The van der Waals surface area contributed by atoms with E-state index in [4.69, 9.17) is 14.9 Å². The Morgan fingerprint density at radius 2 is 2.06 bits per heavy atom. The summed E-state index contributed by atoms with van der Waals surface area (Å²) in [4.78, 5) is 11.1. The molecule has 5 heteroatoms. The number of hydrogen-bond donors (Lipinski definition) is 3. The van der Waals surface area contributed by atoms with Crippen LogP contribution in [0.2, 0.25) is 0 Å². The zero-order valence-corrected chi connectivity index (χ0v) is 10.7. The summed E-state index contributed by atoms with van der Waals surface area (Å²) in [6.45, 7) is 2.84. The fraction of sp³-hybridized carbons (Fsp3) is 0.462. The Morgan fingerprint density at radius 3 is 2.50 bits per heavy atom. The number of aryl methyl sites for hydroxylation is 1. The first-order valence-electron chi connectivity index (χ1n) is 5.55. The summed E-state index contributed by atoms with van der Waals surface area (Å²) in [5, 5.41) is 28.0. The van der Waals surface area contributed by atoms with E-state index in [9.17, 15) is 9.90 Å². The van der Waals surface area contributed by atoms with Crippen LogP contribution in [0.25, 0.3) is 0 Å². The van der Waals surface area contributed by atoms with Gasteiger partial charge in [-0.3, -0.25) is 0 Å². The normalized spacial score (nSPS) is 14.1. The number of aliphatic hydroxyl groups is 2. The largest absolute Gasteiger partial charge is 0.496 e. The minimum Gasteiger partial charge on any atom is -0.496 e. The molecule has 0 bridgehead atoms. The van der Waals surface area contributed by atoms with Crippen molar-refractivity contribution in [2.75, 3.05) is 13.7 Å². The molecule has 0 heterocycles. The molecular formula is C13H18O5. The number of hydrogen-bond acceptors (Lipinski definition) is 4. The number of rotatable bonds is 5. The maximum atomic E-state index is 11.1. The van der Waals surface area contributed by atoms with Crippen LogP contribution in [-0.2, 0) is 6.42 Å². The van der Waals surface area contributed by atoms with Gasteiger partial charge in [0.15, 0.2) is 0 Å². The second kappa shape index (κ2) is 5.37. The molecule has 3 N–H and O–H groups in total. The van der Waals surface area contributed by atoms with Crippen molar-refractivity contribution in [1.82, 2.24) is 0 Å². The van der Waals surface area contributed by atoms with Crippen LogP contribution in [0.3, 0.4) is 0 Å². The van der Waals surface area contributed by atoms with Crippen LogP contribution < -0.4 is 4.74 Å². The highest BCUT2D eigenvalue weighted by Crippen LogP contribution is 2.29. The fourth-order valence-corrected chi connectivity index (χ4v) is 1.85. The van der Waals surface area contributed by atoms with Gasteiger partial charge in [-0.25, -0.2) is 4.79 Å². The summed E-state index contributed by atoms with van der Waals surface area (Å²) in [5.74, 6) is -0.859. The molecule has 18 heavy (non-hydrogen) atoms. The quantitative estimate of drug-likeness (QED) is 0.729. The van der Waals surface area contributed by atoms with Crippen LogP contribution >= 0.6 is 0 Å².